The van der Waals surface area contributed by atoms with Crippen molar-refractivity contribution >= 4 is 0 Å². The molecule has 0 spiro atoms. The van der Waals surface area contributed by atoms with Crippen LogP contribution in [0.5, 0.6) is 5.75 Å². The molecule has 2 nitrogen and oxygen atoms in total. The molecule has 0 aliphatic carbocycles. The van der Waals surface area contributed by atoms with Crippen LogP contribution >= 0.6 is 0 Å². The van der Waals surface area contributed by atoms with Crippen molar-refractivity contribution in [3.8, 4) is 5.75 Å². The largest absolute Gasteiger partial charge is 0.465 e. The van der Waals surface area contributed by atoms with Gasteiger partial charge >= 0.3 is 0 Å². The predicted octanol–water partition coefficient (Wildman–Crippen LogP) is 5.45. The molecule has 0 aliphatic rings. The van der Waals surface area contributed by atoms with Crippen molar-refractivity contribution in [2.75, 3.05) is 0 Å². The Morgan fingerprint density at radius 1 is 0.909 bits per heavy atom. The Labute approximate surface area is 134 Å². The van der Waals surface area contributed by atoms with Gasteiger partial charge < -0.3 is 9.47 Å². The summed E-state index contributed by atoms with van der Waals surface area (Å²) in [4.78, 5) is 0. The lowest BCUT2D eigenvalue weighted by atomic mass is 9.99. The maximum Gasteiger partial charge on any atom is 0.197 e. The van der Waals surface area contributed by atoms with Gasteiger partial charge in [-0.05, 0) is 49.4 Å². The van der Waals surface area contributed by atoms with E-state index in [1.54, 1.807) is 0 Å². The van der Waals surface area contributed by atoms with Gasteiger partial charge in [0.15, 0.2) is 6.29 Å². The fourth-order valence-corrected chi connectivity index (χ4v) is 2.23. The molecule has 118 valence electrons. The zero-order valence-electron chi connectivity index (χ0n) is 14.0. The zero-order valence-corrected chi connectivity index (χ0v) is 14.0. The second-order valence-electron chi connectivity index (χ2n) is 5.86. The molecule has 0 N–H and O–H groups in total. The van der Waals surface area contributed by atoms with Crippen LogP contribution in [0.4, 0.5) is 0 Å². The van der Waals surface area contributed by atoms with Gasteiger partial charge in [0.25, 0.3) is 0 Å². The molecule has 22 heavy (non-hydrogen) atoms. The molecular formula is C20H26O2. The molecular weight excluding hydrogens is 272 g/mol. The number of aryl methyl sites for hydroxylation is 1. The van der Waals surface area contributed by atoms with E-state index in [2.05, 4.69) is 57.2 Å². The molecule has 2 aromatic carbocycles. The van der Waals surface area contributed by atoms with E-state index >= 15 is 0 Å². The van der Waals surface area contributed by atoms with Crippen LogP contribution < -0.4 is 4.74 Å². The van der Waals surface area contributed by atoms with Crippen molar-refractivity contribution in [1.29, 1.82) is 0 Å². The maximum absolute atomic E-state index is 5.81. The minimum atomic E-state index is -0.268. The van der Waals surface area contributed by atoms with Crippen molar-refractivity contribution in [1.82, 2.24) is 0 Å². The Balaban J connectivity index is 1.83. The SMILES string of the molecule is CCC(C)c1ccc(OC(C)OCc2ccc(C)cc2)cc1. The quantitative estimate of drug-likeness (QED) is 0.633. The molecule has 0 aliphatic heterocycles. The first kappa shape index (κ1) is 16.6. The van der Waals surface area contributed by atoms with Gasteiger partial charge in [0.1, 0.15) is 5.75 Å². The number of hydrogen-bond acceptors (Lipinski definition) is 2. The highest BCUT2D eigenvalue weighted by Gasteiger charge is 2.06. The monoisotopic (exact) mass is 298 g/mol. The molecule has 2 aromatic rings. The van der Waals surface area contributed by atoms with Gasteiger partial charge in [-0.3, -0.25) is 0 Å². The number of hydrogen-bond donors (Lipinski definition) is 0. The third kappa shape index (κ3) is 4.88. The van der Waals surface area contributed by atoms with Gasteiger partial charge in [-0.25, -0.2) is 0 Å². The van der Waals surface area contributed by atoms with Crippen molar-refractivity contribution < 1.29 is 9.47 Å². The lowest BCUT2D eigenvalue weighted by Gasteiger charge is -2.16. The number of benzene rings is 2. The average molecular weight is 298 g/mol. The lowest BCUT2D eigenvalue weighted by Crippen LogP contribution is -2.16. The first-order chi connectivity index (χ1) is 10.6. The summed E-state index contributed by atoms with van der Waals surface area (Å²) >= 11 is 0. The summed E-state index contributed by atoms with van der Waals surface area (Å²) in [5.74, 6) is 1.44. The van der Waals surface area contributed by atoms with Gasteiger partial charge in [0, 0.05) is 0 Å². The normalized spacial score (nSPS) is 13.6. The second-order valence-corrected chi connectivity index (χ2v) is 5.86. The average Bonchev–Trinajstić information content (AvgIpc) is 2.54. The molecule has 2 unspecified atom stereocenters. The van der Waals surface area contributed by atoms with E-state index < -0.39 is 0 Å². The fraction of sp³-hybridized carbons (Fsp3) is 0.400. The minimum Gasteiger partial charge on any atom is -0.465 e. The molecule has 2 rings (SSSR count). The van der Waals surface area contributed by atoms with Gasteiger partial charge in [-0.15, -0.1) is 0 Å². The Hall–Kier alpha value is -1.80. The van der Waals surface area contributed by atoms with E-state index in [1.807, 2.05) is 19.1 Å². The third-order valence-electron chi connectivity index (χ3n) is 3.97. The summed E-state index contributed by atoms with van der Waals surface area (Å²) in [5.41, 5.74) is 3.77. The van der Waals surface area contributed by atoms with Crippen molar-refractivity contribution in [3.05, 3.63) is 65.2 Å². The third-order valence-corrected chi connectivity index (χ3v) is 3.97. The molecule has 0 aromatic heterocycles. The highest BCUT2D eigenvalue weighted by molar-refractivity contribution is 5.29. The second kappa shape index (κ2) is 8.00. The molecule has 0 radical (unpaired) electrons. The Morgan fingerprint density at radius 2 is 1.55 bits per heavy atom. The van der Waals surface area contributed by atoms with E-state index in [1.165, 1.54) is 11.1 Å². The van der Waals surface area contributed by atoms with Crippen molar-refractivity contribution in [2.24, 2.45) is 0 Å². The van der Waals surface area contributed by atoms with Crippen LogP contribution in [0.15, 0.2) is 48.5 Å². The molecule has 2 atom stereocenters. The predicted molar refractivity (Wildman–Crippen MR) is 91.2 cm³/mol. The summed E-state index contributed by atoms with van der Waals surface area (Å²) in [7, 11) is 0. The molecule has 0 saturated carbocycles. The van der Waals surface area contributed by atoms with Gasteiger partial charge in [0.2, 0.25) is 0 Å². The first-order valence-corrected chi connectivity index (χ1v) is 8.02. The van der Waals surface area contributed by atoms with Gasteiger partial charge in [0.05, 0.1) is 6.61 Å². The topological polar surface area (TPSA) is 18.5 Å². The molecule has 0 saturated heterocycles. The molecule has 0 fully saturated rings. The summed E-state index contributed by atoms with van der Waals surface area (Å²) in [6.45, 7) is 9.02. The van der Waals surface area contributed by atoms with Gasteiger partial charge in [-0.2, -0.15) is 0 Å². The van der Waals surface area contributed by atoms with Gasteiger partial charge in [-0.1, -0.05) is 55.8 Å². The standard InChI is InChI=1S/C20H26O2/c1-5-16(3)19-10-12-20(13-11-19)22-17(4)21-14-18-8-6-15(2)7-9-18/h6-13,16-17H,5,14H2,1-4H3. The van der Waals surface area contributed by atoms with E-state index in [9.17, 15) is 0 Å². The Morgan fingerprint density at radius 3 is 2.14 bits per heavy atom. The smallest absolute Gasteiger partial charge is 0.197 e. The van der Waals surface area contributed by atoms with E-state index in [-0.39, 0.29) is 6.29 Å². The lowest BCUT2D eigenvalue weighted by molar-refractivity contribution is -0.0759. The van der Waals surface area contributed by atoms with E-state index in [0.29, 0.717) is 12.5 Å². The zero-order chi connectivity index (χ0) is 15.9. The molecule has 2 heteroatoms. The molecule has 0 amide bonds. The van der Waals surface area contributed by atoms with Crippen LogP contribution in [0.3, 0.4) is 0 Å². The molecule has 0 heterocycles. The summed E-state index contributed by atoms with van der Waals surface area (Å²) < 4.78 is 11.6. The van der Waals surface area contributed by atoms with Crippen LogP contribution in [0.2, 0.25) is 0 Å². The van der Waals surface area contributed by atoms with Crippen LogP contribution in [0, 0.1) is 6.92 Å². The number of rotatable bonds is 7. The summed E-state index contributed by atoms with van der Waals surface area (Å²) in [6, 6.07) is 16.7. The number of ether oxygens (including phenoxy) is 2. The molecule has 0 bridgehead atoms. The summed E-state index contributed by atoms with van der Waals surface area (Å²) in [6.07, 6.45) is 0.881. The van der Waals surface area contributed by atoms with E-state index in [0.717, 1.165) is 17.7 Å². The Kier molecular flexibility index (Phi) is 6.02. The highest BCUT2D eigenvalue weighted by atomic mass is 16.7. The maximum atomic E-state index is 5.81. The van der Waals surface area contributed by atoms with E-state index in [4.69, 9.17) is 9.47 Å². The first-order valence-electron chi connectivity index (χ1n) is 8.02. The van der Waals surface area contributed by atoms with Crippen LogP contribution in [-0.2, 0) is 11.3 Å². The fourth-order valence-electron chi connectivity index (χ4n) is 2.23. The summed E-state index contributed by atoms with van der Waals surface area (Å²) in [5, 5.41) is 0. The van der Waals surface area contributed by atoms with Crippen LogP contribution in [-0.4, -0.2) is 6.29 Å². The van der Waals surface area contributed by atoms with Crippen LogP contribution in [0.1, 0.15) is 49.8 Å². The van der Waals surface area contributed by atoms with Crippen molar-refractivity contribution in [2.45, 2.75) is 52.9 Å². The van der Waals surface area contributed by atoms with Crippen LogP contribution in [0.25, 0.3) is 0 Å². The van der Waals surface area contributed by atoms with Crippen molar-refractivity contribution in [3.63, 3.8) is 0 Å². The highest BCUT2D eigenvalue weighted by Crippen LogP contribution is 2.22. The Bertz CT molecular complexity index is 557. The minimum absolute atomic E-state index is 0.268.